The van der Waals surface area contributed by atoms with Gasteiger partial charge in [-0.25, -0.2) is 0 Å². The topological polar surface area (TPSA) is 44.0 Å². The normalized spacial score (nSPS) is 11.1. The van der Waals surface area contributed by atoms with Crippen LogP contribution in [0.25, 0.3) is 0 Å². The van der Waals surface area contributed by atoms with Crippen LogP contribution < -0.4 is 0 Å². The van der Waals surface area contributed by atoms with E-state index < -0.39 is 5.41 Å². The number of benzene rings is 1. The Labute approximate surface area is 88.7 Å². The zero-order valence-electron chi connectivity index (χ0n) is 8.43. The molecule has 1 aromatic carbocycles. The van der Waals surface area contributed by atoms with Crippen molar-refractivity contribution in [2.24, 2.45) is 0 Å². The van der Waals surface area contributed by atoms with Crippen molar-refractivity contribution in [3.63, 3.8) is 0 Å². The standard InChI is InChI=1S/C11H12ClNO/c1-7-4-5-8(12)9(10(7)14)11(2,3)6-13/h4-5,14H,1-3H3. The monoisotopic (exact) mass is 209 g/mol. The second-order valence-corrected chi connectivity index (χ2v) is 4.23. The van der Waals surface area contributed by atoms with Crippen LogP contribution in [0.4, 0.5) is 0 Å². The van der Waals surface area contributed by atoms with Crippen molar-refractivity contribution in [1.29, 1.82) is 5.26 Å². The van der Waals surface area contributed by atoms with Gasteiger partial charge in [0.1, 0.15) is 5.75 Å². The van der Waals surface area contributed by atoms with E-state index in [1.54, 1.807) is 32.9 Å². The molecular weight excluding hydrogens is 198 g/mol. The summed E-state index contributed by atoms with van der Waals surface area (Å²) >= 11 is 5.95. The fraction of sp³-hybridized carbons (Fsp3) is 0.364. The van der Waals surface area contributed by atoms with Crippen molar-refractivity contribution in [2.75, 3.05) is 0 Å². The molecule has 0 spiro atoms. The van der Waals surface area contributed by atoms with Gasteiger partial charge in [-0.1, -0.05) is 17.7 Å². The SMILES string of the molecule is Cc1ccc(Cl)c(C(C)(C)C#N)c1O. The van der Waals surface area contributed by atoms with E-state index in [9.17, 15) is 5.11 Å². The summed E-state index contributed by atoms with van der Waals surface area (Å²) in [6, 6.07) is 5.55. The van der Waals surface area contributed by atoms with Gasteiger partial charge in [0.2, 0.25) is 0 Å². The molecule has 0 aliphatic heterocycles. The third kappa shape index (κ3) is 1.69. The lowest BCUT2D eigenvalue weighted by Gasteiger charge is -2.19. The van der Waals surface area contributed by atoms with Gasteiger partial charge in [0, 0.05) is 10.6 Å². The Morgan fingerprint density at radius 2 is 2.00 bits per heavy atom. The molecule has 0 fully saturated rings. The average Bonchev–Trinajstić information content (AvgIpc) is 2.12. The number of rotatable bonds is 1. The van der Waals surface area contributed by atoms with E-state index in [0.717, 1.165) is 5.56 Å². The van der Waals surface area contributed by atoms with E-state index in [4.69, 9.17) is 16.9 Å². The minimum Gasteiger partial charge on any atom is -0.507 e. The smallest absolute Gasteiger partial charge is 0.124 e. The fourth-order valence-corrected chi connectivity index (χ4v) is 1.71. The highest BCUT2D eigenvalue weighted by Crippen LogP contribution is 2.38. The number of nitriles is 1. The predicted octanol–water partition coefficient (Wildman–Crippen LogP) is 3.16. The van der Waals surface area contributed by atoms with E-state index in [1.807, 2.05) is 0 Å². The molecule has 3 heteroatoms. The summed E-state index contributed by atoms with van der Waals surface area (Å²) < 4.78 is 0. The van der Waals surface area contributed by atoms with Crippen LogP contribution in [-0.2, 0) is 5.41 Å². The Morgan fingerprint density at radius 1 is 1.43 bits per heavy atom. The molecule has 0 bridgehead atoms. The van der Waals surface area contributed by atoms with Crippen LogP contribution in [0, 0.1) is 18.3 Å². The molecule has 0 saturated carbocycles. The first kappa shape index (κ1) is 10.9. The number of aryl methyl sites for hydroxylation is 1. The number of phenolic OH excluding ortho intramolecular Hbond substituents is 1. The molecule has 0 radical (unpaired) electrons. The summed E-state index contributed by atoms with van der Waals surface area (Å²) in [6.45, 7) is 5.24. The van der Waals surface area contributed by atoms with Crippen LogP contribution in [0.2, 0.25) is 5.02 Å². The number of phenols is 1. The van der Waals surface area contributed by atoms with Crippen LogP contribution >= 0.6 is 11.6 Å². The molecular formula is C11H12ClNO. The molecule has 0 saturated heterocycles. The molecule has 1 rings (SSSR count). The zero-order chi connectivity index (χ0) is 10.9. The minimum absolute atomic E-state index is 0.115. The lowest BCUT2D eigenvalue weighted by molar-refractivity contribution is 0.453. The average molecular weight is 210 g/mol. The van der Waals surface area contributed by atoms with Gasteiger partial charge in [0.25, 0.3) is 0 Å². The van der Waals surface area contributed by atoms with Crippen LogP contribution in [0.1, 0.15) is 25.0 Å². The predicted molar refractivity (Wildman–Crippen MR) is 56.5 cm³/mol. The minimum atomic E-state index is -0.771. The summed E-state index contributed by atoms with van der Waals surface area (Å²) in [6.07, 6.45) is 0. The maximum Gasteiger partial charge on any atom is 0.124 e. The highest BCUT2D eigenvalue weighted by Gasteiger charge is 2.27. The van der Waals surface area contributed by atoms with Crippen LogP contribution in [-0.4, -0.2) is 5.11 Å². The Kier molecular flexibility index (Phi) is 2.73. The first-order valence-corrected chi connectivity index (χ1v) is 4.67. The van der Waals surface area contributed by atoms with Gasteiger partial charge in [0.05, 0.1) is 11.5 Å². The molecule has 1 aromatic rings. The summed E-state index contributed by atoms with van der Waals surface area (Å²) in [4.78, 5) is 0. The number of hydrogen-bond acceptors (Lipinski definition) is 2. The Bertz CT molecular complexity index is 404. The van der Waals surface area contributed by atoms with E-state index in [1.165, 1.54) is 0 Å². The quantitative estimate of drug-likeness (QED) is 0.772. The maximum atomic E-state index is 9.81. The fourth-order valence-electron chi connectivity index (χ4n) is 1.32. The van der Waals surface area contributed by atoms with Gasteiger partial charge in [-0.3, -0.25) is 0 Å². The van der Waals surface area contributed by atoms with Crippen molar-refractivity contribution in [3.8, 4) is 11.8 Å². The van der Waals surface area contributed by atoms with Gasteiger partial charge in [-0.15, -0.1) is 0 Å². The van der Waals surface area contributed by atoms with Crippen molar-refractivity contribution in [3.05, 3.63) is 28.3 Å². The second kappa shape index (κ2) is 3.51. The van der Waals surface area contributed by atoms with E-state index in [2.05, 4.69) is 6.07 Å². The number of aromatic hydroxyl groups is 1. The Morgan fingerprint density at radius 3 is 2.50 bits per heavy atom. The molecule has 2 nitrogen and oxygen atoms in total. The number of hydrogen-bond donors (Lipinski definition) is 1. The third-order valence-electron chi connectivity index (χ3n) is 2.23. The van der Waals surface area contributed by atoms with E-state index >= 15 is 0 Å². The summed E-state index contributed by atoms with van der Waals surface area (Å²) in [5.41, 5.74) is 0.460. The largest absolute Gasteiger partial charge is 0.507 e. The van der Waals surface area contributed by atoms with Gasteiger partial charge in [-0.2, -0.15) is 5.26 Å². The van der Waals surface area contributed by atoms with Gasteiger partial charge >= 0.3 is 0 Å². The molecule has 1 N–H and O–H groups in total. The third-order valence-corrected chi connectivity index (χ3v) is 2.55. The van der Waals surface area contributed by atoms with E-state index in [0.29, 0.717) is 10.6 Å². The molecule has 0 aromatic heterocycles. The highest BCUT2D eigenvalue weighted by molar-refractivity contribution is 6.31. The van der Waals surface area contributed by atoms with Crippen LogP contribution in [0.5, 0.6) is 5.75 Å². The number of halogens is 1. The summed E-state index contributed by atoms with van der Waals surface area (Å²) in [5.74, 6) is 0.115. The molecule has 0 aliphatic carbocycles. The summed E-state index contributed by atoms with van der Waals surface area (Å²) in [7, 11) is 0. The van der Waals surface area contributed by atoms with Crippen molar-refractivity contribution < 1.29 is 5.11 Å². The first-order valence-electron chi connectivity index (χ1n) is 4.30. The van der Waals surface area contributed by atoms with Gasteiger partial charge in [0.15, 0.2) is 0 Å². The van der Waals surface area contributed by atoms with Crippen molar-refractivity contribution in [1.82, 2.24) is 0 Å². The Balaban J connectivity index is 3.49. The van der Waals surface area contributed by atoms with Crippen LogP contribution in [0.15, 0.2) is 12.1 Å². The number of nitrogens with zero attached hydrogens (tertiary/aromatic N) is 1. The van der Waals surface area contributed by atoms with Gasteiger partial charge < -0.3 is 5.11 Å². The molecule has 0 heterocycles. The molecule has 74 valence electrons. The molecule has 14 heavy (non-hydrogen) atoms. The molecule has 0 atom stereocenters. The summed E-state index contributed by atoms with van der Waals surface area (Å²) in [5, 5.41) is 19.2. The van der Waals surface area contributed by atoms with Crippen molar-refractivity contribution >= 4 is 11.6 Å². The Hall–Kier alpha value is -1.20. The van der Waals surface area contributed by atoms with Gasteiger partial charge in [-0.05, 0) is 32.4 Å². The molecule has 0 amide bonds. The highest BCUT2D eigenvalue weighted by atomic mass is 35.5. The lowest BCUT2D eigenvalue weighted by atomic mass is 9.84. The second-order valence-electron chi connectivity index (χ2n) is 3.82. The van der Waals surface area contributed by atoms with Crippen LogP contribution in [0.3, 0.4) is 0 Å². The maximum absolute atomic E-state index is 9.81. The van der Waals surface area contributed by atoms with E-state index in [-0.39, 0.29) is 5.75 Å². The van der Waals surface area contributed by atoms with Crippen molar-refractivity contribution in [2.45, 2.75) is 26.2 Å². The zero-order valence-corrected chi connectivity index (χ0v) is 9.18. The molecule has 0 unspecified atom stereocenters. The lowest BCUT2D eigenvalue weighted by Crippen LogP contribution is -2.15. The molecule has 0 aliphatic rings. The first-order chi connectivity index (χ1) is 6.40.